The van der Waals surface area contributed by atoms with Gasteiger partial charge in [0.25, 0.3) is 0 Å². The Hall–Kier alpha value is -2.72. The molecule has 0 aliphatic carbocycles. The summed E-state index contributed by atoms with van der Waals surface area (Å²) in [5.41, 5.74) is 1.49. The SMILES string of the molecule is N#Cc1ccc(N2CCC(N3CCC(n4cncn4)CC3)C2=O)cc1. The highest BCUT2D eigenvalue weighted by Gasteiger charge is 2.38. The molecule has 0 radical (unpaired) electrons. The molecule has 2 fully saturated rings. The number of likely N-dealkylation sites (tertiary alicyclic amines) is 1. The third-order valence-electron chi connectivity index (χ3n) is 5.24. The van der Waals surface area contributed by atoms with Gasteiger partial charge in [-0.2, -0.15) is 10.4 Å². The first kappa shape index (κ1) is 15.8. The molecule has 25 heavy (non-hydrogen) atoms. The molecule has 2 saturated heterocycles. The third-order valence-corrected chi connectivity index (χ3v) is 5.24. The summed E-state index contributed by atoms with van der Waals surface area (Å²) in [5.74, 6) is 0.170. The van der Waals surface area contributed by atoms with Crippen molar-refractivity contribution in [1.29, 1.82) is 5.26 Å². The molecule has 2 aliphatic heterocycles. The van der Waals surface area contributed by atoms with E-state index in [0.29, 0.717) is 11.6 Å². The first-order chi connectivity index (χ1) is 12.3. The fraction of sp³-hybridized carbons (Fsp3) is 0.444. The molecule has 0 spiro atoms. The Balaban J connectivity index is 1.39. The lowest BCUT2D eigenvalue weighted by molar-refractivity contribution is -0.122. The van der Waals surface area contributed by atoms with Gasteiger partial charge in [0.2, 0.25) is 5.91 Å². The van der Waals surface area contributed by atoms with Gasteiger partial charge >= 0.3 is 0 Å². The second-order valence-corrected chi connectivity index (χ2v) is 6.60. The van der Waals surface area contributed by atoms with Crippen LogP contribution in [0.25, 0.3) is 0 Å². The number of aromatic nitrogens is 3. The average molecular weight is 336 g/mol. The molecular weight excluding hydrogens is 316 g/mol. The zero-order valence-electron chi connectivity index (χ0n) is 14.0. The van der Waals surface area contributed by atoms with Gasteiger partial charge in [-0.15, -0.1) is 0 Å². The van der Waals surface area contributed by atoms with Crippen molar-refractivity contribution >= 4 is 11.6 Å². The first-order valence-electron chi connectivity index (χ1n) is 8.66. The summed E-state index contributed by atoms with van der Waals surface area (Å²) in [6.07, 6.45) is 6.18. The minimum Gasteiger partial charge on any atom is -0.311 e. The van der Waals surface area contributed by atoms with E-state index >= 15 is 0 Å². The van der Waals surface area contributed by atoms with Crippen molar-refractivity contribution in [3.8, 4) is 6.07 Å². The molecule has 7 nitrogen and oxygen atoms in total. The molecule has 2 aliphatic rings. The van der Waals surface area contributed by atoms with Gasteiger partial charge in [0.15, 0.2) is 0 Å². The Labute approximate surface area is 146 Å². The first-order valence-corrected chi connectivity index (χ1v) is 8.66. The second-order valence-electron chi connectivity index (χ2n) is 6.60. The van der Waals surface area contributed by atoms with Gasteiger partial charge < -0.3 is 4.90 Å². The summed E-state index contributed by atoms with van der Waals surface area (Å²) < 4.78 is 1.93. The van der Waals surface area contributed by atoms with Crippen molar-refractivity contribution in [2.24, 2.45) is 0 Å². The molecule has 2 aromatic rings. The fourth-order valence-corrected chi connectivity index (χ4v) is 3.84. The monoisotopic (exact) mass is 336 g/mol. The molecule has 1 amide bonds. The Kier molecular flexibility index (Phi) is 4.20. The highest BCUT2D eigenvalue weighted by atomic mass is 16.2. The molecule has 1 unspecified atom stereocenters. The van der Waals surface area contributed by atoms with Crippen molar-refractivity contribution in [3.63, 3.8) is 0 Å². The number of amides is 1. The predicted octanol–water partition coefficient (Wildman–Crippen LogP) is 1.59. The lowest BCUT2D eigenvalue weighted by Gasteiger charge is -2.35. The van der Waals surface area contributed by atoms with Crippen LogP contribution in [0.3, 0.4) is 0 Å². The quantitative estimate of drug-likeness (QED) is 0.850. The highest BCUT2D eigenvalue weighted by molar-refractivity contribution is 5.99. The minimum atomic E-state index is -0.0349. The minimum absolute atomic E-state index is 0.0349. The zero-order valence-corrected chi connectivity index (χ0v) is 14.0. The zero-order chi connectivity index (χ0) is 17.2. The Morgan fingerprint density at radius 3 is 2.48 bits per heavy atom. The Morgan fingerprint density at radius 2 is 1.84 bits per heavy atom. The molecule has 1 aromatic heterocycles. The summed E-state index contributed by atoms with van der Waals surface area (Å²) >= 11 is 0. The van der Waals surface area contributed by atoms with Gasteiger partial charge in [-0.3, -0.25) is 9.69 Å². The molecule has 0 bridgehead atoms. The van der Waals surface area contributed by atoms with Crippen molar-refractivity contribution in [3.05, 3.63) is 42.5 Å². The van der Waals surface area contributed by atoms with Crippen LogP contribution in [0.2, 0.25) is 0 Å². The number of nitriles is 1. The molecule has 7 heteroatoms. The second kappa shape index (κ2) is 6.65. The summed E-state index contributed by atoms with van der Waals surface area (Å²) in [6.45, 7) is 2.54. The van der Waals surface area contributed by atoms with Crippen LogP contribution in [0.4, 0.5) is 5.69 Å². The lowest BCUT2D eigenvalue weighted by Crippen LogP contribution is -2.46. The van der Waals surface area contributed by atoms with E-state index in [1.807, 2.05) is 21.7 Å². The van der Waals surface area contributed by atoms with E-state index in [-0.39, 0.29) is 11.9 Å². The van der Waals surface area contributed by atoms with Crippen LogP contribution in [0.5, 0.6) is 0 Å². The summed E-state index contributed by atoms with van der Waals surface area (Å²) in [7, 11) is 0. The van der Waals surface area contributed by atoms with Gasteiger partial charge in [0.05, 0.1) is 23.7 Å². The van der Waals surface area contributed by atoms with Crippen LogP contribution in [-0.2, 0) is 4.79 Å². The molecule has 0 N–H and O–H groups in total. The maximum absolute atomic E-state index is 12.9. The van der Waals surface area contributed by atoms with Gasteiger partial charge in [-0.1, -0.05) is 0 Å². The van der Waals surface area contributed by atoms with E-state index in [9.17, 15) is 4.79 Å². The van der Waals surface area contributed by atoms with Gasteiger partial charge in [-0.25, -0.2) is 9.67 Å². The van der Waals surface area contributed by atoms with Crippen LogP contribution >= 0.6 is 0 Å². The lowest BCUT2D eigenvalue weighted by atomic mass is 10.0. The van der Waals surface area contributed by atoms with Crippen molar-refractivity contribution in [2.45, 2.75) is 31.3 Å². The summed E-state index contributed by atoms with van der Waals surface area (Å²) in [4.78, 5) is 21.0. The number of nitrogens with zero attached hydrogens (tertiary/aromatic N) is 6. The molecule has 3 heterocycles. The number of anilines is 1. The molecule has 1 atom stereocenters. The van der Waals surface area contributed by atoms with Crippen LogP contribution in [0.1, 0.15) is 30.9 Å². The van der Waals surface area contributed by atoms with Crippen molar-refractivity contribution < 1.29 is 4.79 Å². The number of carbonyl (C=O) groups is 1. The van der Waals surface area contributed by atoms with Crippen LogP contribution in [-0.4, -0.2) is 51.2 Å². The van der Waals surface area contributed by atoms with Gasteiger partial charge in [-0.05, 0) is 43.5 Å². The van der Waals surface area contributed by atoms with E-state index in [1.165, 1.54) is 0 Å². The maximum Gasteiger partial charge on any atom is 0.244 e. The molecule has 1 aromatic carbocycles. The summed E-state index contributed by atoms with van der Waals surface area (Å²) in [5, 5.41) is 13.1. The van der Waals surface area contributed by atoms with Crippen LogP contribution < -0.4 is 4.90 Å². The smallest absolute Gasteiger partial charge is 0.244 e. The van der Waals surface area contributed by atoms with Crippen molar-refractivity contribution in [2.75, 3.05) is 24.5 Å². The Morgan fingerprint density at radius 1 is 1.08 bits per heavy atom. The van der Waals surface area contributed by atoms with Crippen LogP contribution in [0.15, 0.2) is 36.9 Å². The van der Waals surface area contributed by atoms with Gasteiger partial charge in [0.1, 0.15) is 12.7 Å². The standard InChI is InChI=1S/C18H20N6O/c19-11-14-1-3-15(4-2-14)23-10-7-17(18(23)25)22-8-5-16(6-9-22)24-13-20-12-21-24/h1-4,12-13,16-17H,5-10H2. The number of rotatable bonds is 3. The topological polar surface area (TPSA) is 78.1 Å². The fourth-order valence-electron chi connectivity index (χ4n) is 3.84. The van der Waals surface area contributed by atoms with E-state index in [2.05, 4.69) is 21.1 Å². The molecule has 0 saturated carbocycles. The number of carbonyl (C=O) groups excluding carboxylic acids is 1. The highest BCUT2D eigenvalue weighted by Crippen LogP contribution is 2.29. The van der Waals surface area contributed by atoms with Gasteiger partial charge in [0, 0.05) is 25.3 Å². The predicted molar refractivity (Wildman–Crippen MR) is 91.8 cm³/mol. The van der Waals surface area contributed by atoms with Crippen LogP contribution in [0, 0.1) is 11.3 Å². The molecular formula is C18H20N6O. The van der Waals surface area contributed by atoms with Crippen molar-refractivity contribution in [1.82, 2.24) is 19.7 Å². The van der Waals surface area contributed by atoms with E-state index in [1.54, 1.807) is 24.8 Å². The number of hydrogen-bond donors (Lipinski definition) is 0. The third kappa shape index (κ3) is 3.01. The average Bonchev–Trinajstić information content (AvgIpc) is 3.32. The molecule has 4 rings (SSSR count). The molecule has 128 valence electrons. The van der Waals surface area contributed by atoms with E-state index in [0.717, 1.165) is 44.6 Å². The Bertz CT molecular complexity index is 771. The number of piperidine rings is 1. The number of benzene rings is 1. The summed E-state index contributed by atoms with van der Waals surface area (Å²) in [6, 6.07) is 9.69. The largest absolute Gasteiger partial charge is 0.311 e. The normalized spacial score (nSPS) is 22.3. The van der Waals surface area contributed by atoms with E-state index < -0.39 is 0 Å². The van der Waals surface area contributed by atoms with E-state index in [4.69, 9.17) is 5.26 Å². The number of hydrogen-bond acceptors (Lipinski definition) is 5. The maximum atomic E-state index is 12.9.